The molecule has 0 radical (unpaired) electrons. The van der Waals surface area contributed by atoms with Gasteiger partial charge < -0.3 is 5.11 Å². The number of aliphatic hydroxyl groups excluding tert-OH is 1. The molecule has 4 rings (SSSR count). The maximum absolute atomic E-state index is 9.42. The molecule has 168 valence electrons. The van der Waals surface area contributed by atoms with E-state index in [0.717, 1.165) is 35.7 Å². The maximum Gasteiger partial charge on any atom is 0.0786 e. The van der Waals surface area contributed by atoms with E-state index in [1.165, 1.54) is 64.0 Å². The van der Waals surface area contributed by atoms with Crippen molar-refractivity contribution in [2.45, 2.75) is 98.8 Å². The second kappa shape index (κ2) is 8.51. The van der Waals surface area contributed by atoms with Crippen LogP contribution in [0.25, 0.3) is 0 Å². The van der Waals surface area contributed by atoms with Crippen LogP contribution >= 0.6 is 0 Å². The minimum atomic E-state index is 0.381. The van der Waals surface area contributed by atoms with Crippen LogP contribution in [0, 0.1) is 46.3 Å². The molecule has 0 bridgehead atoms. The molecule has 0 aromatic carbocycles. The number of hydrogen-bond donors (Lipinski definition) is 1. The lowest BCUT2D eigenvalue weighted by Crippen LogP contribution is -2.49. The van der Waals surface area contributed by atoms with E-state index in [-0.39, 0.29) is 0 Å². The van der Waals surface area contributed by atoms with E-state index in [4.69, 9.17) is 0 Å². The Kier molecular flexibility index (Phi) is 6.31. The molecule has 0 aromatic rings. The Bertz CT molecular complexity index is 714. The first-order chi connectivity index (χ1) is 14.3. The van der Waals surface area contributed by atoms with Gasteiger partial charge in [0.1, 0.15) is 0 Å². The van der Waals surface area contributed by atoms with Gasteiger partial charge in [0.05, 0.1) is 6.26 Å². The quantitative estimate of drug-likeness (QED) is 0.355. The fraction of sp³-hybridized carbons (Fsp3) is 0.793. The highest BCUT2D eigenvalue weighted by molar-refractivity contribution is 5.24. The van der Waals surface area contributed by atoms with Gasteiger partial charge in [-0.1, -0.05) is 57.9 Å². The molecule has 0 amide bonds. The summed E-state index contributed by atoms with van der Waals surface area (Å²) in [6, 6.07) is 0. The molecular weight excluding hydrogens is 364 g/mol. The molecule has 0 saturated heterocycles. The van der Waals surface area contributed by atoms with Crippen LogP contribution < -0.4 is 0 Å². The maximum atomic E-state index is 9.42. The van der Waals surface area contributed by atoms with Crippen molar-refractivity contribution >= 4 is 0 Å². The normalized spacial score (nSPS) is 43.5. The smallest absolute Gasteiger partial charge is 0.0786 e. The first kappa shape index (κ1) is 22.2. The van der Waals surface area contributed by atoms with Crippen LogP contribution in [0.3, 0.4) is 0 Å². The summed E-state index contributed by atoms with van der Waals surface area (Å²) in [5.41, 5.74) is 3.96. The molecular formula is C29H46O. The predicted octanol–water partition coefficient (Wildman–Crippen LogP) is 8.64. The van der Waals surface area contributed by atoms with Crippen LogP contribution in [-0.4, -0.2) is 5.11 Å². The van der Waals surface area contributed by atoms with Gasteiger partial charge in [0, 0.05) is 5.92 Å². The Morgan fingerprint density at radius 3 is 2.67 bits per heavy atom. The fourth-order valence-corrected chi connectivity index (χ4v) is 8.75. The number of rotatable bonds is 5. The van der Waals surface area contributed by atoms with Gasteiger partial charge in [-0.15, -0.1) is 0 Å². The van der Waals surface area contributed by atoms with Crippen molar-refractivity contribution in [2.75, 3.05) is 0 Å². The third-order valence-electron chi connectivity index (χ3n) is 10.6. The van der Waals surface area contributed by atoms with E-state index >= 15 is 0 Å². The molecule has 0 heterocycles. The second-order valence-electron chi connectivity index (χ2n) is 11.8. The summed E-state index contributed by atoms with van der Waals surface area (Å²) in [5, 5.41) is 9.42. The van der Waals surface area contributed by atoms with Crippen LogP contribution in [0.5, 0.6) is 0 Å². The Morgan fingerprint density at radius 2 is 1.93 bits per heavy atom. The van der Waals surface area contributed by atoms with Gasteiger partial charge in [-0.3, -0.25) is 0 Å². The summed E-state index contributed by atoms with van der Waals surface area (Å²) >= 11 is 0. The van der Waals surface area contributed by atoms with E-state index in [9.17, 15) is 5.11 Å². The predicted molar refractivity (Wildman–Crippen MR) is 128 cm³/mol. The van der Waals surface area contributed by atoms with Gasteiger partial charge >= 0.3 is 0 Å². The van der Waals surface area contributed by atoms with Crippen LogP contribution in [0.2, 0.25) is 0 Å². The van der Waals surface area contributed by atoms with Crippen LogP contribution in [0.4, 0.5) is 0 Å². The SMILES string of the molecule is CCC(C=C[C@@H](C)[C@H]1CC[C@H]2[C@@H]3CC=C4CCCC[C@]4(C)[C@H]3CC[C@]12C)C(C)=CO. The summed E-state index contributed by atoms with van der Waals surface area (Å²) in [4.78, 5) is 0. The van der Waals surface area contributed by atoms with Crippen molar-refractivity contribution < 1.29 is 5.11 Å². The lowest BCUT2D eigenvalue weighted by atomic mass is 9.47. The van der Waals surface area contributed by atoms with E-state index in [1.54, 1.807) is 0 Å². The van der Waals surface area contributed by atoms with Crippen molar-refractivity contribution in [2.24, 2.45) is 46.3 Å². The molecule has 3 saturated carbocycles. The topological polar surface area (TPSA) is 20.2 Å². The van der Waals surface area contributed by atoms with Gasteiger partial charge in [-0.05, 0) is 111 Å². The summed E-state index contributed by atoms with van der Waals surface area (Å²) in [6.45, 7) is 12.0. The van der Waals surface area contributed by atoms with Crippen LogP contribution in [-0.2, 0) is 0 Å². The Morgan fingerprint density at radius 1 is 1.13 bits per heavy atom. The minimum Gasteiger partial charge on any atom is -0.516 e. The molecule has 0 spiro atoms. The lowest BCUT2D eigenvalue weighted by Gasteiger charge is -2.58. The highest BCUT2D eigenvalue weighted by atomic mass is 16.2. The van der Waals surface area contributed by atoms with Crippen molar-refractivity contribution in [1.82, 2.24) is 0 Å². The standard InChI is InChI=1S/C29H46O/c1-6-22(21(3)19-30)11-10-20(2)25-14-15-26-24-13-12-23-9-7-8-17-28(23,4)27(24)16-18-29(25,26)5/h10-12,19-20,22,24-27,30H,6-9,13-18H2,1-5H3/t20-,22?,24+,25-,26+,27+,28+,29-/m1/s1. The molecule has 1 nitrogen and oxygen atoms in total. The zero-order valence-electron chi connectivity index (χ0n) is 20.3. The van der Waals surface area contributed by atoms with Crippen molar-refractivity contribution in [3.8, 4) is 0 Å². The highest BCUT2D eigenvalue weighted by Crippen LogP contribution is 2.67. The zero-order valence-corrected chi connectivity index (χ0v) is 20.3. The average molecular weight is 411 g/mol. The monoisotopic (exact) mass is 410 g/mol. The highest BCUT2D eigenvalue weighted by Gasteiger charge is 2.58. The summed E-state index contributed by atoms with van der Waals surface area (Å²) < 4.78 is 0. The van der Waals surface area contributed by atoms with Gasteiger partial charge in [0.25, 0.3) is 0 Å². The molecule has 0 aromatic heterocycles. The van der Waals surface area contributed by atoms with E-state index < -0.39 is 0 Å². The van der Waals surface area contributed by atoms with E-state index in [1.807, 2.05) is 12.5 Å². The Labute approximate surface area is 186 Å². The fourth-order valence-electron chi connectivity index (χ4n) is 8.75. The zero-order chi connectivity index (χ0) is 21.5. The molecule has 4 aliphatic rings. The Hall–Kier alpha value is -0.980. The van der Waals surface area contributed by atoms with E-state index in [2.05, 4.69) is 45.9 Å². The summed E-state index contributed by atoms with van der Waals surface area (Å²) in [7, 11) is 0. The van der Waals surface area contributed by atoms with Gasteiger partial charge in [-0.2, -0.15) is 0 Å². The van der Waals surface area contributed by atoms with Crippen molar-refractivity contribution in [3.63, 3.8) is 0 Å². The molecule has 3 fully saturated rings. The first-order valence-corrected chi connectivity index (χ1v) is 13.0. The molecule has 0 aliphatic heterocycles. The summed E-state index contributed by atoms with van der Waals surface area (Å²) in [6.07, 6.45) is 22.8. The number of aliphatic hydroxyl groups is 1. The first-order valence-electron chi connectivity index (χ1n) is 13.0. The van der Waals surface area contributed by atoms with E-state index in [0.29, 0.717) is 22.7 Å². The summed E-state index contributed by atoms with van der Waals surface area (Å²) in [5.74, 6) is 4.64. The molecule has 1 unspecified atom stereocenters. The van der Waals surface area contributed by atoms with Gasteiger partial charge in [0.2, 0.25) is 0 Å². The third-order valence-corrected chi connectivity index (χ3v) is 10.6. The number of hydrogen-bond acceptors (Lipinski definition) is 1. The Balaban J connectivity index is 1.52. The molecule has 4 aliphatic carbocycles. The second-order valence-corrected chi connectivity index (χ2v) is 11.8. The van der Waals surface area contributed by atoms with Gasteiger partial charge in [0.15, 0.2) is 0 Å². The van der Waals surface area contributed by atoms with Crippen LogP contribution in [0.15, 0.2) is 35.6 Å². The van der Waals surface area contributed by atoms with Crippen LogP contribution in [0.1, 0.15) is 98.8 Å². The molecule has 1 heteroatoms. The number of fused-ring (bicyclic) bond motifs is 5. The molecule has 8 atom stereocenters. The molecule has 1 N–H and O–H groups in total. The largest absolute Gasteiger partial charge is 0.516 e. The molecule has 30 heavy (non-hydrogen) atoms. The lowest BCUT2D eigenvalue weighted by molar-refractivity contribution is -0.0462. The van der Waals surface area contributed by atoms with Crippen molar-refractivity contribution in [3.05, 3.63) is 35.6 Å². The average Bonchev–Trinajstić information content (AvgIpc) is 3.10. The third kappa shape index (κ3) is 3.53. The van der Waals surface area contributed by atoms with Gasteiger partial charge in [-0.25, -0.2) is 0 Å². The minimum absolute atomic E-state index is 0.381. The number of allylic oxidation sites excluding steroid dienone is 5. The van der Waals surface area contributed by atoms with Crippen molar-refractivity contribution in [1.29, 1.82) is 0 Å².